The van der Waals surface area contributed by atoms with Gasteiger partial charge in [0.1, 0.15) is 0 Å². The van der Waals surface area contributed by atoms with E-state index in [9.17, 15) is 9.90 Å². The van der Waals surface area contributed by atoms with Gasteiger partial charge in [-0.3, -0.25) is 4.79 Å². The number of likely N-dealkylation sites (tertiary alicyclic amines) is 2. The maximum absolute atomic E-state index is 11.5. The minimum Gasteiger partial charge on any atom is -0.390 e. The van der Waals surface area contributed by atoms with Gasteiger partial charge in [0.05, 0.1) is 6.10 Å². The maximum Gasteiger partial charge on any atom is 0.222 e. The molecule has 1 amide bonds. The van der Waals surface area contributed by atoms with Gasteiger partial charge in [0.2, 0.25) is 5.91 Å². The number of rotatable bonds is 4. The second-order valence-corrected chi connectivity index (χ2v) is 6.92. The van der Waals surface area contributed by atoms with E-state index in [1.54, 1.807) is 0 Å². The highest BCUT2D eigenvalue weighted by molar-refractivity contribution is 5.78. The highest BCUT2D eigenvalue weighted by Crippen LogP contribution is 2.29. The molecular weight excluding hydrogens is 240 g/mol. The number of hydrogen-bond acceptors (Lipinski definition) is 3. The molecule has 4 heteroatoms. The number of nitrogens with zero attached hydrogens (tertiary/aromatic N) is 2. The monoisotopic (exact) mass is 268 g/mol. The van der Waals surface area contributed by atoms with Crippen LogP contribution in [0.2, 0.25) is 0 Å². The van der Waals surface area contributed by atoms with E-state index in [1.165, 1.54) is 19.3 Å². The van der Waals surface area contributed by atoms with Gasteiger partial charge < -0.3 is 14.9 Å². The Hall–Kier alpha value is -0.610. The third-order valence-electron chi connectivity index (χ3n) is 4.50. The van der Waals surface area contributed by atoms with Crippen molar-refractivity contribution in [1.29, 1.82) is 0 Å². The second kappa shape index (κ2) is 6.23. The van der Waals surface area contributed by atoms with E-state index in [1.807, 2.05) is 4.90 Å². The molecule has 2 heterocycles. The predicted molar refractivity (Wildman–Crippen MR) is 75.9 cm³/mol. The lowest BCUT2D eigenvalue weighted by atomic mass is 9.85. The summed E-state index contributed by atoms with van der Waals surface area (Å²) in [5, 5.41) is 10.2. The largest absolute Gasteiger partial charge is 0.390 e. The Morgan fingerprint density at radius 3 is 2.63 bits per heavy atom. The summed E-state index contributed by atoms with van der Waals surface area (Å²) < 4.78 is 0. The minimum absolute atomic E-state index is 0.205. The summed E-state index contributed by atoms with van der Waals surface area (Å²) >= 11 is 0. The fourth-order valence-electron chi connectivity index (χ4n) is 3.17. The number of carbonyl (C=O) groups is 1. The second-order valence-electron chi connectivity index (χ2n) is 6.92. The van der Waals surface area contributed by atoms with Crippen LogP contribution in [0, 0.1) is 5.41 Å². The van der Waals surface area contributed by atoms with Gasteiger partial charge in [0.15, 0.2) is 0 Å². The Labute approximate surface area is 116 Å². The number of carbonyl (C=O) groups excluding carboxylic acids is 1. The molecule has 2 rings (SSSR count). The average molecular weight is 268 g/mol. The van der Waals surface area contributed by atoms with E-state index in [4.69, 9.17) is 0 Å². The number of β-amino-alcohol motifs (C(OH)–C–C–N with tert-alkyl or cyclic N) is 1. The third kappa shape index (κ3) is 4.46. The van der Waals surface area contributed by atoms with Crippen LogP contribution in [0.1, 0.15) is 46.0 Å². The van der Waals surface area contributed by atoms with Crippen molar-refractivity contribution in [3.05, 3.63) is 0 Å². The van der Waals surface area contributed by atoms with E-state index in [2.05, 4.69) is 18.7 Å². The molecule has 0 aromatic rings. The van der Waals surface area contributed by atoms with Crippen molar-refractivity contribution in [1.82, 2.24) is 9.80 Å². The van der Waals surface area contributed by atoms with Gasteiger partial charge in [-0.15, -0.1) is 0 Å². The van der Waals surface area contributed by atoms with Crippen LogP contribution in [-0.2, 0) is 4.79 Å². The molecule has 1 atom stereocenters. The van der Waals surface area contributed by atoms with Gasteiger partial charge in [-0.1, -0.05) is 13.8 Å². The lowest BCUT2D eigenvalue weighted by molar-refractivity contribution is -0.129. The van der Waals surface area contributed by atoms with Gasteiger partial charge in [0.25, 0.3) is 0 Å². The van der Waals surface area contributed by atoms with Crippen molar-refractivity contribution in [3.8, 4) is 0 Å². The van der Waals surface area contributed by atoms with Crippen LogP contribution in [0.3, 0.4) is 0 Å². The predicted octanol–water partition coefficient (Wildman–Crippen LogP) is 1.48. The number of aliphatic hydroxyl groups is 1. The van der Waals surface area contributed by atoms with E-state index in [0.717, 1.165) is 26.1 Å². The van der Waals surface area contributed by atoms with Crippen LogP contribution in [0.15, 0.2) is 0 Å². The Morgan fingerprint density at radius 2 is 1.95 bits per heavy atom. The first-order valence-electron chi connectivity index (χ1n) is 7.64. The number of aliphatic hydroxyl groups excluding tert-OH is 1. The molecule has 1 N–H and O–H groups in total. The molecular formula is C15H28N2O2. The van der Waals surface area contributed by atoms with Gasteiger partial charge in [-0.05, 0) is 44.2 Å². The molecule has 110 valence electrons. The third-order valence-corrected chi connectivity index (χ3v) is 4.50. The molecule has 2 saturated heterocycles. The van der Waals surface area contributed by atoms with Crippen molar-refractivity contribution in [2.75, 3.05) is 32.7 Å². The molecule has 0 saturated carbocycles. The van der Waals surface area contributed by atoms with E-state index >= 15 is 0 Å². The molecule has 0 spiro atoms. The Kier molecular flexibility index (Phi) is 4.85. The quantitative estimate of drug-likeness (QED) is 0.840. The van der Waals surface area contributed by atoms with Crippen LogP contribution in [0.5, 0.6) is 0 Å². The summed E-state index contributed by atoms with van der Waals surface area (Å²) in [5.41, 5.74) is 0.435. The molecule has 0 bridgehead atoms. The molecule has 0 aromatic heterocycles. The van der Waals surface area contributed by atoms with Crippen molar-refractivity contribution in [2.45, 2.75) is 52.1 Å². The molecule has 0 aliphatic carbocycles. The summed E-state index contributed by atoms with van der Waals surface area (Å²) in [6.07, 6.45) is 4.88. The fourth-order valence-corrected chi connectivity index (χ4v) is 3.17. The lowest BCUT2D eigenvalue weighted by Gasteiger charge is -2.27. The summed E-state index contributed by atoms with van der Waals surface area (Å²) in [6.45, 7) is 8.85. The SMILES string of the molecule is CC1(C)CCCN(CC(O)CN2CCCC2=O)CC1. The Bertz CT molecular complexity index is 317. The average Bonchev–Trinajstić information content (AvgIpc) is 2.63. The highest BCUT2D eigenvalue weighted by atomic mass is 16.3. The van der Waals surface area contributed by atoms with Crippen molar-refractivity contribution >= 4 is 5.91 Å². The van der Waals surface area contributed by atoms with Crippen LogP contribution in [-0.4, -0.2) is 59.6 Å². The minimum atomic E-state index is -0.400. The molecule has 2 fully saturated rings. The summed E-state index contributed by atoms with van der Waals surface area (Å²) in [5.74, 6) is 0.205. The zero-order valence-corrected chi connectivity index (χ0v) is 12.4. The number of hydrogen-bond donors (Lipinski definition) is 1. The fraction of sp³-hybridized carbons (Fsp3) is 0.933. The van der Waals surface area contributed by atoms with Crippen molar-refractivity contribution in [2.24, 2.45) is 5.41 Å². The molecule has 2 aliphatic rings. The van der Waals surface area contributed by atoms with Crippen LogP contribution >= 0.6 is 0 Å². The molecule has 1 unspecified atom stereocenters. The summed E-state index contributed by atoms with van der Waals surface area (Å²) in [7, 11) is 0. The normalized spacial score (nSPS) is 26.5. The Morgan fingerprint density at radius 1 is 1.16 bits per heavy atom. The molecule has 2 aliphatic heterocycles. The lowest BCUT2D eigenvalue weighted by Crippen LogP contribution is -2.41. The van der Waals surface area contributed by atoms with Crippen LogP contribution in [0.4, 0.5) is 0 Å². The molecule has 0 radical (unpaired) electrons. The van der Waals surface area contributed by atoms with Gasteiger partial charge >= 0.3 is 0 Å². The van der Waals surface area contributed by atoms with Gasteiger partial charge in [-0.25, -0.2) is 0 Å². The molecule has 0 aromatic carbocycles. The zero-order chi connectivity index (χ0) is 13.9. The first-order valence-corrected chi connectivity index (χ1v) is 7.64. The topological polar surface area (TPSA) is 43.8 Å². The standard InChI is InChI=1S/C15H28N2O2/c1-15(2)6-4-8-16(10-7-15)11-13(18)12-17-9-3-5-14(17)19/h13,18H,3-12H2,1-2H3. The van der Waals surface area contributed by atoms with E-state index < -0.39 is 6.10 Å². The van der Waals surface area contributed by atoms with E-state index in [0.29, 0.717) is 24.9 Å². The van der Waals surface area contributed by atoms with Gasteiger partial charge in [-0.2, -0.15) is 0 Å². The van der Waals surface area contributed by atoms with Gasteiger partial charge in [0, 0.05) is 26.1 Å². The van der Waals surface area contributed by atoms with Crippen LogP contribution < -0.4 is 0 Å². The number of amides is 1. The van der Waals surface area contributed by atoms with Crippen molar-refractivity contribution in [3.63, 3.8) is 0 Å². The Balaban J connectivity index is 1.75. The van der Waals surface area contributed by atoms with E-state index in [-0.39, 0.29) is 5.91 Å². The molecule has 19 heavy (non-hydrogen) atoms. The summed E-state index contributed by atoms with van der Waals surface area (Å²) in [4.78, 5) is 15.7. The highest BCUT2D eigenvalue weighted by Gasteiger charge is 2.26. The van der Waals surface area contributed by atoms with Crippen LogP contribution in [0.25, 0.3) is 0 Å². The summed E-state index contributed by atoms with van der Waals surface area (Å²) in [6, 6.07) is 0. The first kappa shape index (κ1) is 14.8. The zero-order valence-electron chi connectivity index (χ0n) is 12.4. The molecule has 4 nitrogen and oxygen atoms in total. The maximum atomic E-state index is 11.5. The first-order chi connectivity index (χ1) is 8.96. The smallest absolute Gasteiger partial charge is 0.222 e. The van der Waals surface area contributed by atoms with Crippen molar-refractivity contribution < 1.29 is 9.90 Å².